The molecule has 6 rings (SSSR count). The lowest BCUT2D eigenvalue weighted by molar-refractivity contribution is -0.153. The molecule has 1 amide bonds. The number of aliphatic hydroxyl groups excluding tert-OH is 2. The number of ether oxygens (including phenoxy) is 1. The number of Topliss-reactive ketones (excluding diaryl/α,β-unsaturated/α-hetero) is 2. The van der Waals surface area contributed by atoms with E-state index < -0.39 is 69.6 Å². The number of nitrogens with two attached hydrogens (primary N) is 1. The van der Waals surface area contributed by atoms with Gasteiger partial charge in [-0.05, 0) is 44.5 Å². The maximum absolute atomic E-state index is 16.0. The lowest BCUT2D eigenvalue weighted by atomic mass is 9.57. The Morgan fingerprint density at radius 1 is 1.19 bits per heavy atom. The summed E-state index contributed by atoms with van der Waals surface area (Å²) in [5.74, 6) is -8.34. The van der Waals surface area contributed by atoms with Crippen LogP contribution < -0.4 is 5.73 Å². The summed E-state index contributed by atoms with van der Waals surface area (Å²) >= 11 is 0. The normalized spacial score (nSPS) is 28.2. The molecule has 4 aliphatic rings. The number of primary amides is 1. The number of aromatic hydroxyl groups is 1. The molecule has 0 bridgehead atoms. The zero-order valence-electron chi connectivity index (χ0n) is 23.3. The van der Waals surface area contributed by atoms with Crippen molar-refractivity contribution in [3.8, 4) is 5.75 Å². The molecule has 1 aliphatic heterocycles. The molecule has 42 heavy (non-hydrogen) atoms. The minimum Gasteiger partial charge on any atom is -0.508 e. The predicted molar refractivity (Wildman–Crippen MR) is 148 cm³/mol. The average Bonchev–Trinajstić information content (AvgIpc) is 2.90. The number of fused-ring (bicyclic) bond motifs is 4. The van der Waals surface area contributed by atoms with Crippen molar-refractivity contribution in [2.45, 2.75) is 37.1 Å². The topological polar surface area (TPSA) is 174 Å². The zero-order chi connectivity index (χ0) is 30.4. The van der Waals surface area contributed by atoms with Crippen LogP contribution in [0.5, 0.6) is 5.75 Å². The van der Waals surface area contributed by atoms with Gasteiger partial charge >= 0.3 is 0 Å². The standard InChI is InChI=1S/C30H32FN3O8/c1-33(2)23-18-8-13-7-17-20(25(36)19(13)27(38)30(18,41)28(39)21(26(23)37)29(32)40)24(35)16-6-12(4-5-15(16)22(17)31)9-34-10-14(11-34)42-3/h4-6,13-14,18,23,35-36,39,41H,7-11H2,1-3H3,(H2,32,40)/t13-,18-,23-,30-/m0/s1. The Labute approximate surface area is 240 Å². The molecule has 0 spiro atoms. The molecule has 4 atom stereocenters. The van der Waals surface area contributed by atoms with E-state index in [1.54, 1.807) is 25.3 Å². The summed E-state index contributed by atoms with van der Waals surface area (Å²) in [4.78, 5) is 42.8. The van der Waals surface area contributed by atoms with Crippen LogP contribution in [0.2, 0.25) is 0 Å². The van der Waals surface area contributed by atoms with E-state index in [4.69, 9.17) is 10.5 Å². The summed E-state index contributed by atoms with van der Waals surface area (Å²) in [5.41, 5.74) is 1.93. The smallest absolute Gasteiger partial charge is 0.255 e. The summed E-state index contributed by atoms with van der Waals surface area (Å²) in [6.45, 7) is 2.01. The van der Waals surface area contributed by atoms with Crippen LogP contribution in [0.1, 0.15) is 23.1 Å². The number of carbonyl (C=O) groups is 3. The molecule has 11 nitrogen and oxygen atoms in total. The molecule has 12 heteroatoms. The number of methoxy groups -OCH3 is 1. The maximum Gasteiger partial charge on any atom is 0.255 e. The monoisotopic (exact) mass is 581 g/mol. The first-order chi connectivity index (χ1) is 19.8. The number of likely N-dealkylation sites (N-methyl/N-ethyl adjacent to an activating group) is 1. The highest BCUT2D eigenvalue weighted by atomic mass is 19.1. The van der Waals surface area contributed by atoms with Crippen LogP contribution in [0.4, 0.5) is 4.39 Å². The number of likely N-dealkylation sites (tertiary alicyclic amines) is 1. The number of phenolic OH excluding ortho intramolecular Hbond substituents is 1. The first kappa shape index (κ1) is 28.3. The van der Waals surface area contributed by atoms with Crippen LogP contribution >= 0.6 is 0 Å². The zero-order valence-corrected chi connectivity index (χ0v) is 23.3. The molecule has 1 saturated carbocycles. The van der Waals surface area contributed by atoms with Gasteiger partial charge in [0.15, 0.2) is 11.4 Å². The van der Waals surface area contributed by atoms with Crippen molar-refractivity contribution >= 4 is 34.0 Å². The highest BCUT2D eigenvalue weighted by Gasteiger charge is 2.64. The molecule has 3 aliphatic carbocycles. The van der Waals surface area contributed by atoms with Crippen molar-refractivity contribution in [3.63, 3.8) is 0 Å². The Kier molecular flexibility index (Phi) is 6.46. The minimum atomic E-state index is -2.75. The number of hydrogen-bond acceptors (Lipinski definition) is 10. The van der Waals surface area contributed by atoms with Crippen LogP contribution in [0.25, 0.3) is 16.5 Å². The predicted octanol–water partition coefficient (Wildman–Crippen LogP) is 1.09. The second-order valence-corrected chi connectivity index (χ2v) is 11.9. The fourth-order valence-corrected chi connectivity index (χ4v) is 7.26. The van der Waals surface area contributed by atoms with E-state index in [0.717, 1.165) is 18.7 Å². The summed E-state index contributed by atoms with van der Waals surface area (Å²) in [6, 6.07) is 3.77. The number of ketones is 2. The number of nitrogens with zero attached hydrogens (tertiary/aromatic N) is 2. The third kappa shape index (κ3) is 3.75. The van der Waals surface area contributed by atoms with Gasteiger partial charge < -0.3 is 30.9 Å². The number of phenols is 1. The molecule has 2 fully saturated rings. The molecule has 1 saturated heterocycles. The van der Waals surface area contributed by atoms with Crippen LogP contribution in [-0.4, -0.2) is 99.7 Å². The molecule has 0 aromatic heterocycles. The lowest BCUT2D eigenvalue weighted by Crippen LogP contribution is -2.65. The van der Waals surface area contributed by atoms with Gasteiger partial charge in [0.2, 0.25) is 5.78 Å². The Bertz CT molecular complexity index is 1640. The van der Waals surface area contributed by atoms with Gasteiger partial charge in [0.25, 0.3) is 5.91 Å². The summed E-state index contributed by atoms with van der Waals surface area (Å²) in [7, 11) is 4.68. The molecule has 222 valence electrons. The van der Waals surface area contributed by atoms with Crippen LogP contribution in [0.15, 0.2) is 35.1 Å². The van der Waals surface area contributed by atoms with E-state index in [0.29, 0.717) is 6.54 Å². The van der Waals surface area contributed by atoms with Gasteiger partial charge in [0, 0.05) is 54.6 Å². The highest BCUT2D eigenvalue weighted by molar-refractivity contribution is 6.24. The van der Waals surface area contributed by atoms with Crippen LogP contribution in [0.3, 0.4) is 0 Å². The first-order valence-corrected chi connectivity index (χ1v) is 13.7. The molecule has 0 unspecified atom stereocenters. The Hall–Kier alpha value is -3.84. The van der Waals surface area contributed by atoms with E-state index >= 15 is 4.39 Å². The van der Waals surface area contributed by atoms with Crippen LogP contribution in [-0.2, 0) is 32.1 Å². The van der Waals surface area contributed by atoms with Crippen LogP contribution in [0, 0.1) is 17.7 Å². The van der Waals surface area contributed by atoms with E-state index in [9.17, 15) is 34.8 Å². The van der Waals surface area contributed by atoms with Gasteiger partial charge in [-0.15, -0.1) is 0 Å². The third-order valence-electron chi connectivity index (χ3n) is 9.36. The molecule has 0 radical (unpaired) electrons. The van der Waals surface area contributed by atoms with Crippen molar-refractivity contribution < 1.29 is 43.9 Å². The van der Waals surface area contributed by atoms with Crippen molar-refractivity contribution in [1.29, 1.82) is 0 Å². The molecule has 1 heterocycles. The fraction of sp³-hybridized carbons (Fsp3) is 0.433. The van der Waals surface area contributed by atoms with Crippen molar-refractivity contribution in [1.82, 2.24) is 9.80 Å². The third-order valence-corrected chi connectivity index (χ3v) is 9.36. The maximum atomic E-state index is 16.0. The Morgan fingerprint density at radius 2 is 1.88 bits per heavy atom. The number of halogens is 1. The summed E-state index contributed by atoms with van der Waals surface area (Å²) in [5, 5.41) is 45.8. The fourth-order valence-electron chi connectivity index (χ4n) is 7.26. The van der Waals surface area contributed by atoms with E-state index in [2.05, 4.69) is 4.90 Å². The largest absolute Gasteiger partial charge is 0.508 e. The lowest BCUT2D eigenvalue weighted by Gasteiger charge is -2.50. The minimum absolute atomic E-state index is 0.00375. The number of rotatable bonds is 5. The van der Waals surface area contributed by atoms with Gasteiger partial charge in [-0.2, -0.15) is 0 Å². The Balaban J connectivity index is 1.49. The number of carbonyl (C=O) groups excluding carboxylic acids is 3. The second kappa shape index (κ2) is 9.60. The van der Waals surface area contributed by atoms with Gasteiger partial charge in [-0.3, -0.25) is 24.2 Å². The van der Waals surface area contributed by atoms with Gasteiger partial charge in [-0.25, -0.2) is 4.39 Å². The van der Waals surface area contributed by atoms with Gasteiger partial charge in [0.05, 0.1) is 17.7 Å². The molecule has 6 N–H and O–H groups in total. The summed E-state index contributed by atoms with van der Waals surface area (Å²) in [6.07, 6.45) is -0.0788. The van der Waals surface area contributed by atoms with Crippen molar-refractivity contribution in [2.75, 3.05) is 34.3 Å². The van der Waals surface area contributed by atoms with Gasteiger partial charge in [0.1, 0.15) is 28.7 Å². The quantitative estimate of drug-likeness (QED) is 0.322. The molecule has 2 aromatic carbocycles. The molecule has 2 aromatic rings. The highest BCUT2D eigenvalue weighted by Crippen LogP contribution is 2.53. The van der Waals surface area contributed by atoms with Crippen molar-refractivity contribution in [2.24, 2.45) is 17.6 Å². The number of hydrogen-bond donors (Lipinski definition) is 5. The first-order valence-electron chi connectivity index (χ1n) is 13.7. The summed E-state index contributed by atoms with van der Waals surface area (Å²) < 4.78 is 21.3. The molecular formula is C30H32FN3O8. The average molecular weight is 582 g/mol. The van der Waals surface area contributed by atoms with Gasteiger partial charge in [-0.1, -0.05) is 12.1 Å². The van der Waals surface area contributed by atoms with E-state index in [1.165, 1.54) is 19.0 Å². The van der Waals surface area contributed by atoms with Crippen molar-refractivity contribution in [3.05, 3.63) is 57.6 Å². The SMILES string of the molecule is COC1CN(Cc2ccc3c(F)c4c(c(O)c3c2)C(O)=C2C(=O)[C@]3(O)C(O)=C(C(N)=O)C(=O)[C@@H](N(C)C)[C@@H]3C[C@@H]2C4)C1. The van der Waals surface area contributed by atoms with E-state index in [1.807, 2.05) is 0 Å². The second-order valence-electron chi connectivity index (χ2n) is 11.9. The number of benzene rings is 2. The molecular weight excluding hydrogens is 549 g/mol. The van der Waals surface area contributed by atoms with E-state index in [-0.39, 0.29) is 46.4 Å². The number of aliphatic hydroxyl groups is 3. The number of amides is 1. The Morgan fingerprint density at radius 3 is 2.50 bits per heavy atom.